The van der Waals surface area contributed by atoms with Crippen molar-refractivity contribution in [2.75, 3.05) is 13.2 Å². The number of benzene rings is 2. The van der Waals surface area contributed by atoms with Crippen LogP contribution in [0.4, 0.5) is 4.39 Å². The molecule has 1 heterocycles. The highest BCUT2D eigenvalue weighted by molar-refractivity contribution is 5.77. The summed E-state index contributed by atoms with van der Waals surface area (Å²) in [6.45, 7) is 1.08. The van der Waals surface area contributed by atoms with Crippen LogP contribution < -0.4 is 10.1 Å². The minimum Gasteiger partial charge on any atom is -0.481 e. The van der Waals surface area contributed by atoms with Crippen LogP contribution in [0.3, 0.4) is 0 Å². The van der Waals surface area contributed by atoms with Crippen LogP contribution in [-0.4, -0.2) is 28.6 Å². The molecule has 0 spiro atoms. The normalized spacial score (nSPS) is 10.7. The summed E-state index contributed by atoms with van der Waals surface area (Å²) in [5.41, 5.74) is 2.03. The molecule has 0 bridgehead atoms. The maximum atomic E-state index is 13.4. The van der Waals surface area contributed by atoms with Crippen molar-refractivity contribution in [2.24, 2.45) is 0 Å². The highest BCUT2D eigenvalue weighted by atomic mass is 19.1. The Labute approximate surface area is 139 Å². The number of amides is 1. The van der Waals surface area contributed by atoms with Crippen molar-refractivity contribution in [3.8, 4) is 5.75 Å². The number of carbonyl (C=O) groups excluding carboxylic acids is 1. The van der Waals surface area contributed by atoms with Gasteiger partial charge in [0.1, 0.15) is 0 Å². The van der Waals surface area contributed by atoms with Gasteiger partial charge in [-0.1, -0.05) is 24.3 Å². The molecule has 1 N–H and O–H groups in total. The molecular weight excluding hydrogens is 309 g/mol. The van der Waals surface area contributed by atoms with Crippen LogP contribution in [-0.2, 0) is 11.3 Å². The molecule has 0 saturated carbocycles. The third-order valence-electron chi connectivity index (χ3n) is 3.62. The lowest BCUT2D eigenvalue weighted by Gasteiger charge is -2.08. The highest BCUT2D eigenvalue weighted by Gasteiger charge is 2.06. The third kappa shape index (κ3) is 3.90. The number of hydrogen-bond acceptors (Lipinski definition) is 3. The summed E-state index contributed by atoms with van der Waals surface area (Å²) in [6.07, 6.45) is 2.57. The fraction of sp³-hybridized carbons (Fsp3) is 0.222. The lowest BCUT2D eigenvalue weighted by Crippen LogP contribution is -2.30. The van der Waals surface area contributed by atoms with Gasteiger partial charge in [-0.3, -0.25) is 4.79 Å². The van der Waals surface area contributed by atoms with Crippen molar-refractivity contribution >= 4 is 16.9 Å². The zero-order chi connectivity index (χ0) is 16.8. The van der Waals surface area contributed by atoms with Gasteiger partial charge in [-0.15, -0.1) is 0 Å². The first kappa shape index (κ1) is 16.0. The van der Waals surface area contributed by atoms with Crippen molar-refractivity contribution in [1.82, 2.24) is 14.9 Å². The maximum Gasteiger partial charge on any atom is 0.257 e. The van der Waals surface area contributed by atoms with E-state index < -0.39 is 5.82 Å². The van der Waals surface area contributed by atoms with E-state index in [0.717, 1.165) is 24.0 Å². The van der Waals surface area contributed by atoms with E-state index in [1.165, 1.54) is 12.1 Å². The van der Waals surface area contributed by atoms with Gasteiger partial charge in [-0.05, 0) is 30.7 Å². The molecule has 0 aliphatic rings. The van der Waals surface area contributed by atoms with E-state index in [4.69, 9.17) is 4.74 Å². The molecule has 0 aliphatic heterocycles. The predicted molar refractivity (Wildman–Crippen MR) is 89.3 cm³/mol. The summed E-state index contributed by atoms with van der Waals surface area (Å²) in [7, 11) is 0. The van der Waals surface area contributed by atoms with E-state index >= 15 is 0 Å². The van der Waals surface area contributed by atoms with Gasteiger partial charge in [0, 0.05) is 13.1 Å². The summed E-state index contributed by atoms with van der Waals surface area (Å²) in [5, 5.41) is 2.76. The first-order valence-electron chi connectivity index (χ1n) is 7.78. The van der Waals surface area contributed by atoms with Gasteiger partial charge in [-0.2, -0.15) is 0 Å². The van der Waals surface area contributed by atoms with Gasteiger partial charge in [0.05, 0.1) is 17.4 Å². The first-order valence-corrected chi connectivity index (χ1v) is 7.78. The van der Waals surface area contributed by atoms with Crippen LogP contribution in [0.1, 0.15) is 6.42 Å². The molecule has 2 aromatic carbocycles. The predicted octanol–water partition coefficient (Wildman–Crippen LogP) is 2.76. The SMILES string of the molecule is O=C(COc1ccccc1F)NCCCn1cnc2ccccc21. The molecule has 0 unspecified atom stereocenters. The van der Waals surface area contributed by atoms with Gasteiger partial charge in [0.25, 0.3) is 5.91 Å². The molecular formula is C18H18FN3O2. The number of nitrogens with zero attached hydrogens (tertiary/aromatic N) is 2. The number of ether oxygens (including phenoxy) is 1. The summed E-state index contributed by atoms with van der Waals surface area (Å²) in [6, 6.07) is 13.9. The smallest absolute Gasteiger partial charge is 0.257 e. The Bertz CT molecular complexity index is 832. The summed E-state index contributed by atoms with van der Waals surface area (Å²) in [4.78, 5) is 16.0. The van der Waals surface area contributed by atoms with Crippen LogP contribution in [0.5, 0.6) is 5.75 Å². The fourth-order valence-electron chi connectivity index (χ4n) is 2.42. The van der Waals surface area contributed by atoms with E-state index in [1.54, 1.807) is 18.5 Å². The van der Waals surface area contributed by atoms with E-state index in [1.807, 2.05) is 24.3 Å². The van der Waals surface area contributed by atoms with E-state index in [0.29, 0.717) is 6.54 Å². The molecule has 3 aromatic rings. The lowest BCUT2D eigenvalue weighted by atomic mass is 10.3. The molecule has 24 heavy (non-hydrogen) atoms. The Balaban J connectivity index is 1.40. The van der Waals surface area contributed by atoms with Crippen molar-refractivity contribution in [1.29, 1.82) is 0 Å². The minimum atomic E-state index is -0.475. The molecule has 0 aliphatic carbocycles. The standard InChI is InChI=1S/C18H18FN3O2/c19-14-6-1-4-9-17(14)24-12-18(23)20-10-5-11-22-13-21-15-7-2-3-8-16(15)22/h1-4,6-9,13H,5,10-12H2,(H,20,23). The van der Waals surface area contributed by atoms with Crippen LogP contribution >= 0.6 is 0 Å². The maximum absolute atomic E-state index is 13.4. The second kappa shape index (κ2) is 7.59. The lowest BCUT2D eigenvalue weighted by molar-refractivity contribution is -0.123. The van der Waals surface area contributed by atoms with Gasteiger partial charge in [0.15, 0.2) is 18.2 Å². The molecule has 0 saturated heterocycles. The number of halogens is 1. The molecule has 0 fully saturated rings. The Morgan fingerprint density at radius 1 is 1.17 bits per heavy atom. The molecule has 3 rings (SSSR count). The van der Waals surface area contributed by atoms with Gasteiger partial charge in [0.2, 0.25) is 0 Å². The highest BCUT2D eigenvalue weighted by Crippen LogP contribution is 2.15. The monoisotopic (exact) mass is 327 g/mol. The van der Waals surface area contributed by atoms with Crippen molar-refractivity contribution < 1.29 is 13.9 Å². The van der Waals surface area contributed by atoms with E-state index in [-0.39, 0.29) is 18.3 Å². The number of para-hydroxylation sites is 3. The quantitative estimate of drug-likeness (QED) is 0.679. The molecule has 1 aromatic heterocycles. The molecule has 0 radical (unpaired) electrons. The zero-order valence-electron chi connectivity index (χ0n) is 13.1. The fourth-order valence-corrected chi connectivity index (χ4v) is 2.42. The van der Waals surface area contributed by atoms with Crippen LogP contribution in [0, 0.1) is 5.82 Å². The van der Waals surface area contributed by atoms with Crippen LogP contribution in [0.15, 0.2) is 54.9 Å². The molecule has 124 valence electrons. The van der Waals surface area contributed by atoms with Gasteiger partial charge < -0.3 is 14.6 Å². The number of aryl methyl sites for hydroxylation is 1. The summed E-state index contributed by atoms with van der Waals surface area (Å²) in [5.74, 6) is -0.663. The Morgan fingerprint density at radius 3 is 2.83 bits per heavy atom. The third-order valence-corrected chi connectivity index (χ3v) is 3.62. The largest absolute Gasteiger partial charge is 0.481 e. The average molecular weight is 327 g/mol. The van der Waals surface area contributed by atoms with Gasteiger partial charge in [-0.25, -0.2) is 9.37 Å². The van der Waals surface area contributed by atoms with Crippen LogP contribution in [0.2, 0.25) is 0 Å². The number of imidazole rings is 1. The van der Waals surface area contributed by atoms with Crippen molar-refractivity contribution in [2.45, 2.75) is 13.0 Å². The number of hydrogen-bond donors (Lipinski definition) is 1. The number of rotatable bonds is 7. The second-order valence-electron chi connectivity index (χ2n) is 5.35. The average Bonchev–Trinajstić information content (AvgIpc) is 3.01. The number of fused-ring (bicyclic) bond motifs is 1. The van der Waals surface area contributed by atoms with E-state index in [2.05, 4.69) is 14.9 Å². The number of aromatic nitrogens is 2. The van der Waals surface area contributed by atoms with Crippen LogP contribution in [0.25, 0.3) is 11.0 Å². The van der Waals surface area contributed by atoms with Crippen molar-refractivity contribution in [3.05, 3.63) is 60.7 Å². The van der Waals surface area contributed by atoms with Gasteiger partial charge >= 0.3 is 0 Å². The molecule has 0 atom stereocenters. The first-order chi connectivity index (χ1) is 11.7. The number of carbonyl (C=O) groups is 1. The minimum absolute atomic E-state index is 0.0811. The Hall–Kier alpha value is -2.89. The summed E-state index contributed by atoms with van der Waals surface area (Å²) >= 11 is 0. The summed E-state index contributed by atoms with van der Waals surface area (Å²) < 4.78 is 20.6. The second-order valence-corrected chi connectivity index (χ2v) is 5.35. The molecule has 6 heteroatoms. The molecule has 1 amide bonds. The molecule has 5 nitrogen and oxygen atoms in total. The topological polar surface area (TPSA) is 56.1 Å². The van der Waals surface area contributed by atoms with Crippen molar-refractivity contribution in [3.63, 3.8) is 0 Å². The number of nitrogens with one attached hydrogen (secondary N) is 1. The Morgan fingerprint density at radius 2 is 1.96 bits per heavy atom. The Kier molecular flexibility index (Phi) is 5.05. The zero-order valence-corrected chi connectivity index (χ0v) is 13.1. The van der Waals surface area contributed by atoms with E-state index in [9.17, 15) is 9.18 Å².